The molecule has 0 aromatic heterocycles. The molecule has 0 radical (unpaired) electrons. The maximum atomic E-state index is 13.5. The van der Waals surface area contributed by atoms with Gasteiger partial charge in [0.1, 0.15) is 18.4 Å². The van der Waals surface area contributed by atoms with E-state index in [2.05, 4.69) is 10.6 Å². The number of hydrogen-bond acceptors (Lipinski definition) is 7. The molecule has 3 rings (SSSR count). The molecule has 0 spiro atoms. The first-order valence-corrected chi connectivity index (χ1v) is 11.5. The Labute approximate surface area is 212 Å². The van der Waals surface area contributed by atoms with Gasteiger partial charge in [-0.1, -0.05) is 6.08 Å². The molecule has 0 aliphatic carbocycles. The maximum Gasteiger partial charge on any atom is 0.305 e. The lowest BCUT2D eigenvalue weighted by atomic mass is 10.1. The molecular weight excluding hydrogens is 486 g/mol. The fraction of sp³-hybridized carbons (Fsp3) is 0.375. The quantitative estimate of drug-likeness (QED) is 0.393. The number of amides is 5. The summed E-state index contributed by atoms with van der Waals surface area (Å²) in [5.41, 5.74) is 0.789. The van der Waals surface area contributed by atoms with Gasteiger partial charge in [-0.15, -0.1) is 0 Å². The SMILES string of the molecule is CC(=O)N(C)c1ccc(C(=O)N[C@H]2CCC(=O)N3C=CC[C@@H](C(=O)N[C@H](C=O)CC(=O)O)N3C2=O)cc1. The lowest BCUT2D eigenvalue weighted by Gasteiger charge is -2.39. The summed E-state index contributed by atoms with van der Waals surface area (Å²) in [6.07, 6.45) is 2.40. The number of benzene rings is 1. The first-order valence-electron chi connectivity index (χ1n) is 11.5. The van der Waals surface area contributed by atoms with Crippen LogP contribution < -0.4 is 15.5 Å². The Morgan fingerprint density at radius 2 is 1.86 bits per heavy atom. The number of carbonyl (C=O) groups excluding carboxylic acids is 6. The number of hydrazine groups is 1. The smallest absolute Gasteiger partial charge is 0.305 e. The van der Waals surface area contributed by atoms with Gasteiger partial charge in [0.05, 0.1) is 12.5 Å². The second-order valence-corrected chi connectivity index (χ2v) is 8.60. The summed E-state index contributed by atoms with van der Waals surface area (Å²) >= 11 is 0. The minimum atomic E-state index is -1.32. The van der Waals surface area contributed by atoms with Crippen molar-refractivity contribution in [3.8, 4) is 0 Å². The average molecular weight is 514 g/mol. The fourth-order valence-corrected chi connectivity index (χ4v) is 3.95. The van der Waals surface area contributed by atoms with Gasteiger partial charge in [0.2, 0.25) is 17.7 Å². The zero-order valence-electron chi connectivity index (χ0n) is 20.2. The van der Waals surface area contributed by atoms with Crippen molar-refractivity contribution in [1.29, 1.82) is 0 Å². The largest absolute Gasteiger partial charge is 0.481 e. The number of anilines is 1. The highest BCUT2D eigenvalue weighted by molar-refractivity contribution is 6.00. The van der Waals surface area contributed by atoms with Gasteiger partial charge in [-0.05, 0) is 37.1 Å². The zero-order chi connectivity index (χ0) is 27.3. The summed E-state index contributed by atoms with van der Waals surface area (Å²) in [6.45, 7) is 1.40. The highest BCUT2D eigenvalue weighted by Gasteiger charge is 2.43. The van der Waals surface area contributed by atoms with E-state index in [4.69, 9.17) is 5.11 Å². The number of nitrogens with one attached hydrogen (secondary N) is 2. The predicted octanol–water partition coefficient (Wildman–Crippen LogP) is -0.422. The van der Waals surface area contributed by atoms with Crippen molar-refractivity contribution in [2.75, 3.05) is 11.9 Å². The zero-order valence-corrected chi connectivity index (χ0v) is 20.2. The van der Waals surface area contributed by atoms with Crippen LogP contribution in [0.2, 0.25) is 0 Å². The van der Waals surface area contributed by atoms with Gasteiger partial charge in [-0.3, -0.25) is 28.8 Å². The van der Waals surface area contributed by atoms with Crippen molar-refractivity contribution < 1.29 is 38.7 Å². The average Bonchev–Trinajstić information content (AvgIpc) is 2.99. The van der Waals surface area contributed by atoms with Gasteiger partial charge in [-0.25, -0.2) is 10.0 Å². The Morgan fingerprint density at radius 3 is 2.46 bits per heavy atom. The van der Waals surface area contributed by atoms with Gasteiger partial charge < -0.3 is 25.4 Å². The van der Waals surface area contributed by atoms with Gasteiger partial charge in [0.25, 0.3) is 11.8 Å². The Kier molecular flexibility index (Phi) is 8.37. The number of hydrogen-bond donors (Lipinski definition) is 3. The van der Waals surface area contributed by atoms with Crippen molar-refractivity contribution in [3.63, 3.8) is 0 Å². The van der Waals surface area contributed by atoms with E-state index in [-0.39, 0.29) is 37.0 Å². The van der Waals surface area contributed by atoms with Gasteiger partial charge >= 0.3 is 5.97 Å². The predicted molar refractivity (Wildman–Crippen MR) is 127 cm³/mol. The first-order chi connectivity index (χ1) is 17.5. The number of nitrogens with zero attached hydrogens (tertiary/aromatic N) is 3. The van der Waals surface area contributed by atoms with Crippen molar-refractivity contribution in [2.24, 2.45) is 0 Å². The first kappa shape index (κ1) is 27.0. The third kappa shape index (κ3) is 6.18. The number of carboxylic acid groups (broad SMARTS) is 1. The number of aldehydes is 1. The van der Waals surface area contributed by atoms with Crippen LogP contribution in [0, 0.1) is 0 Å². The molecule has 196 valence electrons. The molecule has 0 bridgehead atoms. The van der Waals surface area contributed by atoms with Crippen LogP contribution in [0.5, 0.6) is 0 Å². The molecule has 13 heteroatoms. The van der Waals surface area contributed by atoms with Crippen LogP contribution in [0.15, 0.2) is 36.5 Å². The van der Waals surface area contributed by atoms with E-state index in [9.17, 15) is 33.6 Å². The highest BCUT2D eigenvalue weighted by Crippen LogP contribution is 2.24. The Morgan fingerprint density at radius 1 is 1.19 bits per heavy atom. The van der Waals surface area contributed by atoms with Crippen LogP contribution in [0.4, 0.5) is 5.69 Å². The molecule has 1 aromatic rings. The number of aliphatic carboxylic acids is 1. The molecule has 5 amide bonds. The van der Waals surface area contributed by atoms with Crippen LogP contribution in [-0.4, -0.2) is 82.1 Å². The molecule has 1 fully saturated rings. The van der Waals surface area contributed by atoms with Gasteiger partial charge in [0, 0.05) is 37.8 Å². The van der Waals surface area contributed by atoms with Crippen LogP contribution >= 0.6 is 0 Å². The minimum Gasteiger partial charge on any atom is -0.481 e. The third-order valence-corrected chi connectivity index (χ3v) is 6.04. The second-order valence-electron chi connectivity index (χ2n) is 8.60. The summed E-state index contributed by atoms with van der Waals surface area (Å²) < 4.78 is 0. The summed E-state index contributed by atoms with van der Waals surface area (Å²) in [4.78, 5) is 87.0. The van der Waals surface area contributed by atoms with E-state index in [0.717, 1.165) is 10.0 Å². The number of rotatable bonds is 8. The summed E-state index contributed by atoms with van der Waals surface area (Å²) in [7, 11) is 1.59. The molecule has 37 heavy (non-hydrogen) atoms. The van der Waals surface area contributed by atoms with E-state index in [1.54, 1.807) is 19.2 Å². The van der Waals surface area contributed by atoms with Gasteiger partial charge in [0.15, 0.2) is 0 Å². The molecular formula is C24H27N5O8. The maximum absolute atomic E-state index is 13.5. The standard InChI is InChI=1S/C24H27N5O8/c1-14(31)27(2)17-7-5-15(6-8-17)22(35)26-18-9-10-20(32)28-11-3-4-19(29(28)24(18)37)23(36)25-16(13-30)12-21(33)34/h3,5-8,11,13,16,18-19H,4,9-10,12H2,1-2H3,(H,25,36)(H,26,35)(H,33,34)/t16-,18-,19-/m0/s1. The molecule has 3 N–H and O–H groups in total. The van der Waals surface area contributed by atoms with Crippen molar-refractivity contribution in [3.05, 3.63) is 42.1 Å². The molecule has 2 aliphatic heterocycles. The van der Waals surface area contributed by atoms with Crippen molar-refractivity contribution >= 4 is 47.5 Å². The second kappa shape index (κ2) is 11.5. The van der Waals surface area contributed by atoms with Crippen LogP contribution in [-0.2, 0) is 28.8 Å². The molecule has 0 saturated carbocycles. The van der Waals surface area contributed by atoms with E-state index in [1.165, 1.54) is 36.2 Å². The molecule has 0 unspecified atom stereocenters. The van der Waals surface area contributed by atoms with E-state index in [1.807, 2.05) is 0 Å². The molecule has 13 nitrogen and oxygen atoms in total. The van der Waals surface area contributed by atoms with Crippen LogP contribution in [0.25, 0.3) is 0 Å². The topological polar surface area (TPSA) is 173 Å². The Hall–Kier alpha value is -4.55. The van der Waals surface area contributed by atoms with Gasteiger partial charge in [-0.2, -0.15) is 0 Å². The fourth-order valence-electron chi connectivity index (χ4n) is 3.95. The van der Waals surface area contributed by atoms with Crippen LogP contribution in [0.3, 0.4) is 0 Å². The minimum absolute atomic E-state index is 0.00575. The molecule has 2 aliphatic rings. The van der Waals surface area contributed by atoms with Crippen LogP contribution in [0.1, 0.15) is 43.0 Å². The lowest BCUT2D eigenvalue weighted by molar-refractivity contribution is -0.166. The molecule has 1 aromatic carbocycles. The monoisotopic (exact) mass is 513 g/mol. The highest BCUT2D eigenvalue weighted by atomic mass is 16.4. The van der Waals surface area contributed by atoms with Crippen molar-refractivity contribution in [1.82, 2.24) is 20.7 Å². The van der Waals surface area contributed by atoms with E-state index in [0.29, 0.717) is 5.69 Å². The number of fused-ring (bicyclic) bond motifs is 1. The molecule has 2 heterocycles. The number of carboxylic acids is 1. The lowest BCUT2D eigenvalue weighted by Crippen LogP contribution is -2.62. The van der Waals surface area contributed by atoms with E-state index >= 15 is 0 Å². The Bertz CT molecular complexity index is 1150. The normalized spacial score (nSPS) is 19.8. The summed E-state index contributed by atoms with van der Waals surface area (Å²) in [5.74, 6) is -4.08. The third-order valence-electron chi connectivity index (χ3n) is 6.04. The number of carbonyl (C=O) groups is 7. The molecule has 3 atom stereocenters. The Balaban J connectivity index is 1.79. The summed E-state index contributed by atoms with van der Waals surface area (Å²) in [5, 5.41) is 15.8. The van der Waals surface area contributed by atoms with E-state index < -0.39 is 54.1 Å². The summed E-state index contributed by atoms with van der Waals surface area (Å²) in [6, 6.07) is 2.44. The molecule has 1 saturated heterocycles. The van der Waals surface area contributed by atoms with Crippen molar-refractivity contribution in [2.45, 2.75) is 50.7 Å².